The van der Waals surface area contributed by atoms with Gasteiger partial charge in [-0.3, -0.25) is 0 Å². The maximum absolute atomic E-state index is 10.0. The molecule has 0 radical (unpaired) electrons. The highest BCUT2D eigenvalue weighted by molar-refractivity contribution is 9.10. The molecule has 0 saturated carbocycles. The van der Waals surface area contributed by atoms with Crippen LogP contribution in [0.1, 0.15) is 17.2 Å². The summed E-state index contributed by atoms with van der Waals surface area (Å²) >= 11 is 3.43. The molecule has 2 aromatic carbocycles. The lowest BCUT2D eigenvalue weighted by molar-refractivity contribution is 0.229. The summed E-state index contributed by atoms with van der Waals surface area (Å²) in [7, 11) is 0. The Morgan fingerprint density at radius 2 is 1.59 bits per heavy atom. The van der Waals surface area contributed by atoms with Gasteiger partial charge in [-0.05, 0) is 17.2 Å². The zero-order valence-corrected chi connectivity index (χ0v) is 10.8. The molecule has 2 rings (SSSR count). The summed E-state index contributed by atoms with van der Waals surface area (Å²) in [5.41, 5.74) is 1.96. The normalized spacial score (nSPS) is 12.8. The van der Waals surface area contributed by atoms with Gasteiger partial charge in [0.05, 0.1) is 6.10 Å². The highest BCUT2D eigenvalue weighted by Gasteiger charge is 2.06. The molecule has 1 atom stereocenters. The monoisotopic (exact) mass is 288 g/mol. The Morgan fingerprint density at radius 3 is 2.29 bits per heavy atom. The number of benzene rings is 2. The highest BCUT2D eigenvalue weighted by atomic mass is 79.9. The molecule has 0 saturated heterocycles. The summed E-state index contributed by atoms with van der Waals surface area (Å²) in [4.78, 5) is 0. The third-order valence-corrected chi connectivity index (χ3v) is 3.22. The van der Waals surface area contributed by atoms with Crippen molar-refractivity contribution in [1.82, 2.24) is 0 Å². The van der Waals surface area contributed by atoms with Gasteiger partial charge in [-0.25, -0.2) is 0 Å². The molecule has 0 spiro atoms. The van der Waals surface area contributed by atoms with E-state index in [9.17, 15) is 5.11 Å². The molecule has 0 unspecified atom stereocenters. The minimum absolute atomic E-state index is 0.592. The van der Waals surface area contributed by atoms with Crippen LogP contribution in [-0.2, 0) is 0 Å². The Bertz CT molecular complexity index is 505. The van der Waals surface area contributed by atoms with Crippen LogP contribution in [0.3, 0.4) is 0 Å². The predicted octanol–water partition coefficient (Wildman–Crippen LogP) is 4.20. The molecule has 0 heterocycles. The third-order valence-electron chi connectivity index (χ3n) is 2.49. The van der Waals surface area contributed by atoms with Gasteiger partial charge in [0.25, 0.3) is 0 Å². The Labute approximate surface area is 110 Å². The summed E-state index contributed by atoms with van der Waals surface area (Å²) < 4.78 is 0.921. The molecule has 1 nitrogen and oxygen atoms in total. The van der Waals surface area contributed by atoms with Crippen molar-refractivity contribution in [1.29, 1.82) is 0 Å². The number of aliphatic hydroxyl groups excluding tert-OH is 1. The van der Waals surface area contributed by atoms with Gasteiger partial charge in [-0.15, -0.1) is 0 Å². The number of halogens is 1. The van der Waals surface area contributed by atoms with Crippen molar-refractivity contribution >= 4 is 22.0 Å². The van der Waals surface area contributed by atoms with Crippen LogP contribution in [0.15, 0.2) is 65.1 Å². The topological polar surface area (TPSA) is 20.2 Å². The van der Waals surface area contributed by atoms with Crippen molar-refractivity contribution in [3.63, 3.8) is 0 Å². The smallest absolute Gasteiger partial charge is 0.0985 e. The average Bonchev–Trinajstić information content (AvgIpc) is 2.38. The average molecular weight is 289 g/mol. The Hall–Kier alpha value is -1.38. The fraction of sp³-hybridized carbons (Fsp3) is 0.0667. The Balaban J connectivity index is 2.15. The van der Waals surface area contributed by atoms with E-state index >= 15 is 0 Å². The predicted molar refractivity (Wildman–Crippen MR) is 74.6 cm³/mol. The van der Waals surface area contributed by atoms with Gasteiger partial charge in [-0.1, -0.05) is 76.6 Å². The van der Waals surface area contributed by atoms with Gasteiger partial charge in [0.2, 0.25) is 0 Å². The molecule has 17 heavy (non-hydrogen) atoms. The highest BCUT2D eigenvalue weighted by Crippen LogP contribution is 2.24. The van der Waals surface area contributed by atoms with Crippen LogP contribution < -0.4 is 0 Å². The van der Waals surface area contributed by atoms with E-state index in [0.717, 1.165) is 15.6 Å². The van der Waals surface area contributed by atoms with E-state index in [2.05, 4.69) is 15.9 Å². The second-order valence-electron chi connectivity index (χ2n) is 3.74. The fourth-order valence-electron chi connectivity index (χ4n) is 1.59. The maximum Gasteiger partial charge on any atom is 0.0985 e. The Kier molecular flexibility index (Phi) is 4.13. The minimum Gasteiger partial charge on any atom is -0.384 e. The van der Waals surface area contributed by atoms with Crippen LogP contribution in [0.25, 0.3) is 6.08 Å². The number of aliphatic hydroxyl groups is 1. The van der Waals surface area contributed by atoms with Crippen LogP contribution in [-0.4, -0.2) is 5.11 Å². The fourth-order valence-corrected chi connectivity index (χ4v) is 2.10. The molecule has 0 aliphatic carbocycles. The summed E-state index contributed by atoms with van der Waals surface area (Å²) in [5, 5.41) is 10.0. The first-order valence-electron chi connectivity index (χ1n) is 5.43. The van der Waals surface area contributed by atoms with Gasteiger partial charge >= 0.3 is 0 Å². The molecule has 0 bridgehead atoms. The van der Waals surface area contributed by atoms with E-state index in [1.165, 1.54) is 0 Å². The Morgan fingerprint density at radius 1 is 0.941 bits per heavy atom. The van der Waals surface area contributed by atoms with E-state index in [0.29, 0.717) is 0 Å². The van der Waals surface area contributed by atoms with Crippen molar-refractivity contribution in [2.75, 3.05) is 0 Å². The molecular formula is C15H13BrO. The third kappa shape index (κ3) is 3.29. The molecule has 0 aliphatic rings. The molecule has 1 N–H and O–H groups in total. The largest absolute Gasteiger partial charge is 0.384 e. The van der Waals surface area contributed by atoms with Crippen LogP contribution in [0.4, 0.5) is 0 Å². The lowest BCUT2D eigenvalue weighted by Crippen LogP contribution is -1.93. The summed E-state index contributed by atoms with van der Waals surface area (Å²) in [5.74, 6) is 0. The van der Waals surface area contributed by atoms with E-state index in [1.54, 1.807) is 6.08 Å². The molecule has 2 heteroatoms. The van der Waals surface area contributed by atoms with Crippen LogP contribution in [0, 0.1) is 0 Å². The molecule has 86 valence electrons. The zero-order chi connectivity index (χ0) is 12.1. The molecular weight excluding hydrogens is 276 g/mol. The quantitative estimate of drug-likeness (QED) is 0.898. The van der Waals surface area contributed by atoms with Crippen LogP contribution in [0.5, 0.6) is 0 Å². The van der Waals surface area contributed by atoms with Crippen molar-refractivity contribution in [2.45, 2.75) is 6.10 Å². The van der Waals surface area contributed by atoms with Crippen LogP contribution in [0.2, 0.25) is 0 Å². The molecule has 0 fully saturated rings. The van der Waals surface area contributed by atoms with Gasteiger partial charge in [0.1, 0.15) is 0 Å². The van der Waals surface area contributed by atoms with Crippen LogP contribution >= 0.6 is 15.9 Å². The minimum atomic E-state index is -0.592. The first kappa shape index (κ1) is 12.1. The molecule has 0 aliphatic heterocycles. The van der Waals surface area contributed by atoms with Gasteiger partial charge < -0.3 is 5.11 Å². The first-order chi connectivity index (χ1) is 8.27. The van der Waals surface area contributed by atoms with E-state index in [-0.39, 0.29) is 0 Å². The second-order valence-corrected chi connectivity index (χ2v) is 4.59. The van der Waals surface area contributed by atoms with Gasteiger partial charge in [0.15, 0.2) is 0 Å². The second kappa shape index (κ2) is 5.80. The summed E-state index contributed by atoms with van der Waals surface area (Å²) in [6.45, 7) is 0. The zero-order valence-electron chi connectivity index (χ0n) is 9.25. The maximum atomic E-state index is 10.0. The lowest BCUT2D eigenvalue weighted by Gasteiger charge is -2.07. The van der Waals surface area contributed by atoms with E-state index < -0.39 is 6.10 Å². The first-order valence-corrected chi connectivity index (χ1v) is 6.22. The number of rotatable bonds is 3. The molecule has 0 aromatic heterocycles. The van der Waals surface area contributed by atoms with Crippen molar-refractivity contribution < 1.29 is 5.11 Å². The summed E-state index contributed by atoms with van der Waals surface area (Å²) in [6.07, 6.45) is 3.12. The van der Waals surface area contributed by atoms with Crippen molar-refractivity contribution in [2.24, 2.45) is 0 Å². The van der Waals surface area contributed by atoms with Crippen molar-refractivity contribution in [3.8, 4) is 0 Å². The standard InChI is InChI=1S/C15H13BrO/c16-14-9-5-4-8-13(14)15(17)11-10-12-6-2-1-3-7-12/h1-11,15,17H/b11-10+/t15-/m1/s1. The SMILES string of the molecule is O[C@H](/C=C/c1ccccc1)c1ccccc1Br. The molecule has 2 aromatic rings. The van der Waals surface area contributed by atoms with E-state index in [1.807, 2.05) is 60.7 Å². The lowest BCUT2D eigenvalue weighted by atomic mass is 10.1. The number of hydrogen-bond donors (Lipinski definition) is 1. The van der Waals surface area contributed by atoms with Gasteiger partial charge in [0, 0.05) is 4.47 Å². The molecule has 0 amide bonds. The summed E-state index contributed by atoms with van der Waals surface area (Å²) in [6, 6.07) is 17.6. The van der Waals surface area contributed by atoms with Crippen molar-refractivity contribution in [3.05, 3.63) is 76.3 Å². The number of hydrogen-bond acceptors (Lipinski definition) is 1. The van der Waals surface area contributed by atoms with E-state index in [4.69, 9.17) is 0 Å². The van der Waals surface area contributed by atoms with Gasteiger partial charge in [-0.2, -0.15) is 0 Å².